The van der Waals surface area contributed by atoms with Crippen LogP contribution in [-0.2, 0) is 146 Å². The number of hydrogen-bond acceptors (Lipinski definition) is 29. The minimum atomic E-state index is -3.54. The van der Waals surface area contributed by atoms with Gasteiger partial charge in [0.1, 0.15) is 38.2 Å². The predicted octanol–water partition coefficient (Wildman–Crippen LogP) is 3.46. The van der Waals surface area contributed by atoms with Gasteiger partial charge < -0.3 is 88.4 Å². The Hall–Kier alpha value is -9.16. The predicted molar refractivity (Wildman–Crippen MR) is 414 cm³/mol. The van der Waals surface area contributed by atoms with Gasteiger partial charge >= 0.3 is 12.1 Å². The molecule has 2 atom stereocenters. The van der Waals surface area contributed by atoms with E-state index < -0.39 is 80.1 Å². The number of esters is 1. The molecule has 2 aromatic carbocycles. The second kappa shape index (κ2) is 47.0. The van der Waals surface area contributed by atoms with Gasteiger partial charge in [0.15, 0.2) is 0 Å². The lowest BCUT2D eigenvalue weighted by Gasteiger charge is -2.35. The normalized spacial score (nSPS) is 14.2. The third kappa shape index (κ3) is 29.0. The summed E-state index contributed by atoms with van der Waals surface area (Å²) >= 11 is 0. The number of para-hydroxylation sites is 1. The molecule has 6 N–H and O–H groups in total. The number of pyridine rings is 2. The molecule has 36 nitrogen and oxygen atoms in total. The Morgan fingerprint density at radius 3 is 1.97 bits per heavy atom. The molecule has 624 valence electrons. The van der Waals surface area contributed by atoms with Gasteiger partial charge in [-0.2, -0.15) is 4.31 Å². The Balaban J connectivity index is 0.597. The van der Waals surface area contributed by atoms with Crippen LogP contribution in [0.25, 0.3) is 28.4 Å². The molecule has 4 aromatic heterocycles. The first kappa shape index (κ1) is 90.4. The molecule has 6 heterocycles. The molecule has 0 aliphatic carbocycles. The molecule has 0 fully saturated rings. The topological polar surface area (TPSA) is 450 Å². The Morgan fingerprint density at radius 2 is 1.36 bits per heavy atom. The summed E-state index contributed by atoms with van der Waals surface area (Å²) in [6.07, 6.45) is 12.5. The number of carbonyl (C=O) groups excluding carboxylic acids is 6. The Bertz CT molecular complexity index is 4440. The van der Waals surface area contributed by atoms with Crippen molar-refractivity contribution in [1.82, 2.24) is 54.8 Å². The van der Waals surface area contributed by atoms with Crippen molar-refractivity contribution in [2.75, 3.05) is 156 Å². The number of cyclic esters (lactones) is 1. The Kier molecular flexibility index (Phi) is 37.3. The molecule has 0 spiro atoms. The van der Waals surface area contributed by atoms with Crippen LogP contribution in [0.2, 0.25) is 0 Å². The molecule has 2 aliphatic heterocycles. The van der Waals surface area contributed by atoms with Crippen LogP contribution in [-0.4, -0.2) is 255 Å². The SMILES string of the molecule is CC[C@@]1(OC(=O)OCc2ccc(NC(=O)[C@H](CCCCN)NC(=O)COCC(=O)NCCOCCOCCOCCOCCOCCOCCOCCOCCn3cc(CNC(=O)CCC/C=C\c4cnc(S(C)(=O)=O)nc4)nn3)cc2)C(=O)OCc2c1cc1n(c2=O)Cc2c-1nc1ccccc1c2CCN(C(C)C)S(C)(=O)=O. The van der Waals surface area contributed by atoms with Gasteiger partial charge in [-0.05, 0) is 101 Å². The highest BCUT2D eigenvalue weighted by Crippen LogP contribution is 2.42. The number of benzene rings is 2. The highest BCUT2D eigenvalue weighted by molar-refractivity contribution is 7.90. The average Bonchev–Trinajstić information content (AvgIpc) is 1.49. The zero-order chi connectivity index (χ0) is 81.7. The summed E-state index contributed by atoms with van der Waals surface area (Å²) in [7, 11) is -7.00. The lowest BCUT2D eigenvalue weighted by atomic mass is 9.85. The van der Waals surface area contributed by atoms with Crippen molar-refractivity contribution in [2.24, 2.45) is 5.73 Å². The van der Waals surface area contributed by atoms with Crippen LogP contribution >= 0.6 is 0 Å². The van der Waals surface area contributed by atoms with Crippen LogP contribution in [0.3, 0.4) is 0 Å². The number of nitrogens with zero attached hydrogens (tertiary/aromatic N) is 8. The van der Waals surface area contributed by atoms with E-state index in [0.29, 0.717) is 184 Å². The summed E-state index contributed by atoms with van der Waals surface area (Å²) in [5.74, 6) is -2.62. The lowest BCUT2D eigenvalue weighted by molar-refractivity contribution is -0.175. The van der Waals surface area contributed by atoms with E-state index in [9.17, 15) is 50.4 Å². The van der Waals surface area contributed by atoms with Crippen molar-refractivity contribution in [3.8, 4) is 11.4 Å². The molecule has 0 bridgehead atoms. The quantitative estimate of drug-likeness (QED) is 0.0207. The Morgan fingerprint density at radius 1 is 0.737 bits per heavy atom. The molecule has 114 heavy (non-hydrogen) atoms. The minimum Gasteiger partial charge on any atom is -0.457 e. The van der Waals surface area contributed by atoms with Crippen molar-refractivity contribution in [3.05, 3.63) is 129 Å². The van der Waals surface area contributed by atoms with E-state index in [1.54, 1.807) is 68.1 Å². The number of hydrogen-bond donors (Lipinski definition) is 5. The Labute approximate surface area is 662 Å². The van der Waals surface area contributed by atoms with Gasteiger partial charge in [-0.15, -0.1) is 5.10 Å². The molecular weight excluding hydrogens is 1530 g/mol. The molecule has 6 aromatic rings. The average molecular weight is 1630 g/mol. The van der Waals surface area contributed by atoms with Gasteiger partial charge in [0.2, 0.25) is 54.2 Å². The summed E-state index contributed by atoms with van der Waals surface area (Å²) in [6.45, 7) is 11.2. The molecule has 0 unspecified atom stereocenters. The van der Waals surface area contributed by atoms with Gasteiger partial charge in [0.05, 0.1) is 160 Å². The maximum atomic E-state index is 14.4. The number of fused-ring (bicyclic) bond motifs is 5. The first-order chi connectivity index (χ1) is 55.0. The van der Waals surface area contributed by atoms with Gasteiger partial charge in [-0.3, -0.25) is 24.0 Å². The number of nitrogens with two attached hydrogens (primary N) is 1. The van der Waals surface area contributed by atoms with Crippen molar-refractivity contribution < 1.29 is 102 Å². The molecule has 0 saturated carbocycles. The van der Waals surface area contributed by atoms with Crippen LogP contribution in [0.4, 0.5) is 10.5 Å². The van der Waals surface area contributed by atoms with E-state index in [4.69, 9.17) is 67.6 Å². The highest BCUT2D eigenvalue weighted by Gasteiger charge is 2.51. The number of unbranched alkanes of at least 4 members (excludes halogenated alkanes) is 2. The van der Waals surface area contributed by atoms with Crippen molar-refractivity contribution >= 4 is 78.3 Å². The zero-order valence-electron chi connectivity index (χ0n) is 65.1. The maximum Gasteiger partial charge on any atom is 0.510 e. The summed E-state index contributed by atoms with van der Waals surface area (Å²) in [6, 6.07) is 14.1. The van der Waals surface area contributed by atoms with Crippen molar-refractivity contribution in [3.63, 3.8) is 0 Å². The number of sulfone groups is 1. The maximum absolute atomic E-state index is 14.4. The van der Waals surface area contributed by atoms with Crippen molar-refractivity contribution in [1.29, 1.82) is 0 Å². The van der Waals surface area contributed by atoms with Crippen LogP contribution in [0, 0.1) is 0 Å². The third-order valence-electron chi connectivity index (χ3n) is 17.9. The number of sulfonamides is 1. The number of carbonyl (C=O) groups is 6. The third-order valence-corrected chi connectivity index (χ3v) is 20.3. The second-order valence-corrected chi connectivity index (χ2v) is 30.7. The minimum absolute atomic E-state index is 0.108. The van der Waals surface area contributed by atoms with Gasteiger partial charge in [0, 0.05) is 72.0 Å². The van der Waals surface area contributed by atoms with Gasteiger partial charge in [-0.1, -0.05) is 54.6 Å². The number of ether oxygens (including phenoxy) is 12. The molecular formula is C76H105N13O23S2. The van der Waals surface area contributed by atoms with E-state index >= 15 is 0 Å². The summed E-state index contributed by atoms with van der Waals surface area (Å²) in [5, 5.41) is 19.7. The molecule has 0 radical (unpaired) electrons. The van der Waals surface area contributed by atoms with Crippen LogP contribution in [0.1, 0.15) is 105 Å². The van der Waals surface area contributed by atoms with Gasteiger partial charge in [-0.25, -0.2) is 46.1 Å². The van der Waals surface area contributed by atoms with Gasteiger partial charge in [0.25, 0.3) is 5.56 Å². The largest absolute Gasteiger partial charge is 0.510 e. The van der Waals surface area contributed by atoms with E-state index in [1.165, 1.54) is 27.5 Å². The molecule has 2 aliphatic rings. The number of anilines is 1. The van der Waals surface area contributed by atoms with E-state index in [1.807, 2.05) is 30.3 Å². The zero-order valence-corrected chi connectivity index (χ0v) is 66.8. The van der Waals surface area contributed by atoms with E-state index in [2.05, 4.69) is 41.5 Å². The van der Waals surface area contributed by atoms with Crippen LogP contribution in [0.15, 0.2) is 89.2 Å². The fourth-order valence-electron chi connectivity index (χ4n) is 12.2. The van der Waals surface area contributed by atoms with Crippen LogP contribution < -0.4 is 32.6 Å². The number of allylic oxidation sites excluding steroid dienone is 1. The summed E-state index contributed by atoms with van der Waals surface area (Å²) in [5.41, 5.74) is 8.64. The monoisotopic (exact) mass is 1630 g/mol. The van der Waals surface area contributed by atoms with E-state index in [-0.39, 0.29) is 93.7 Å². The first-order valence-corrected chi connectivity index (χ1v) is 41.6. The number of rotatable bonds is 55. The first-order valence-electron chi connectivity index (χ1n) is 37.9. The molecule has 38 heteroatoms. The number of amides is 4. The molecule has 0 saturated heterocycles. The lowest BCUT2D eigenvalue weighted by Crippen LogP contribution is -2.47. The van der Waals surface area contributed by atoms with Crippen molar-refractivity contribution in [2.45, 2.75) is 128 Å². The summed E-state index contributed by atoms with van der Waals surface area (Å²) < 4.78 is 120. The summed E-state index contributed by atoms with van der Waals surface area (Å²) in [4.78, 5) is 106. The fourth-order valence-corrected chi connectivity index (χ4v) is 13.8. The molecule has 8 rings (SSSR count). The van der Waals surface area contributed by atoms with Crippen LogP contribution in [0.5, 0.6) is 0 Å². The highest BCUT2D eigenvalue weighted by atomic mass is 32.2. The second-order valence-electron chi connectivity index (χ2n) is 26.8. The number of nitrogens with one attached hydrogen (secondary N) is 4. The standard InChI is InChI=1S/C76H105N13O23S2/c1-6-76(63-44-66-70-61(49-88(66)72(94)62(63)51-110-73(76)95)59(60-15-10-11-16-64(60)84-70)23-26-89(54(2)3)114(5,99)100)112-75(96)111-50-55-19-21-57(22-20-55)82-71(93)65(17-12-13-24-77)83-69(92)53-109-52-68(91)78-25-28-101-30-32-103-34-36-105-38-40-107-42-43-108-41-39-106-37-35-104-33-31-102-29-27-87-48-58(85-86-87)47-79-67(90)18-9-7-8-14-56-45-80-74(81-46-56)113(4,97)98/h8,10-11,14-16,19-22,44-46,48,54,65H,6-7,9,12-13,17-18,23-43,47,49-53,77H2,1-5H3,(H,78,91)(H,79,90)(H,82,93)(H,83,92)/b14-8-/t65-,76-/m0/s1. The van der Waals surface area contributed by atoms with E-state index in [0.717, 1.165) is 22.8 Å². The molecule has 4 amide bonds. The smallest absolute Gasteiger partial charge is 0.457 e. The fraction of sp³-hybridized carbons (Fsp3) is 0.553. The number of aromatic nitrogens is 7.